The van der Waals surface area contributed by atoms with Crippen molar-refractivity contribution in [2.45, 2.75) is 6.92 Å². The number of benzene rings is 1. The van der Waals surface area contributed by atoms with Crippen LogP contribution in [-0.2, 0) is 19.1 Å². The van der Waals surface area contributed by atoms with Gasteiger partial charge in [0.05, 0.1) is 17.9 Å². The SMILES string of the molecule is CCOC(=O)c1ccccc1NC(=O)COC(=O)C=Cc1ccc(Br)o1. The van der Waals surface area contributed by atoms with E-state index in [1.54, 1.807) is 37.3 Å². The maximum absolute atomic E-state index is 11.9. The smallest absolute Gasteiger partial charge is 0.340 e. The number of esters is 2. The van der Waals surface area contributed by atoms with Crippen LogP contribution < -0.4 is 5.32 Å². The summed E-state index contributed by atoms with van der Waals surface area (Å²) in [6.07, 6.45) is 2.56. The largest absolute Gasteiger partial charge is 0.462 e. The Labute approximate surface area is 158 Å². The molecular weight excluding hydrogens is 406 g/mol. The van der Waals surface area contributed by atoms with Crippen molar-refractivity contribution in [3.05, 3.63) is 58.5 Å². The molecule has 26 heavy (non-hydrogen) atoms. The fourth-order valence-electron chi connectivity index (χ4n) is 1.92. The molecule has 0 atom stereocenters. The first kappa shape index (κ1) is 19.5. The van der Waals surface area contributed by atoms with Crippen LogP contribution in [0.4, 0.5) is 5.69 Å². The number of furan rings is 1. The molecule has 1 aromatic heterocycles. The topological polar surface area (TPSA) is 94.8 Å². The van der Waals surface area contributed by atoms with Crippen LogP contribution in [0.25, 0.3) is 6.08 Å². The van der Waals surface area contributed by atoms with E-state index < -0.39 is 24.5 Å². The standard InChI is InChI=1S/C18H16BrNO6/c1-2-24-18(23)13-5-3-4-6-14(13)20-16(21)11-25-17(22)10-8-12-7-9-15(19)26-12/h3-10H,2,11H2,1H3,(H,20,21). The van der Waals surface area contributed by atoms with Gasteiger partial charge in [0.2, 0.25) is 0 Å². The number of anilines is 1. The van der Waals surface area contributed by atoms with Gasteiger partial charge in [0.1, 0.15) is 5.76 Å². The average molecular weight is 422 g/mol. The van der Waals surface area contributed by atoms with Crippen LogP contribution in [0.1, 0.15) is 23.0 Å². The van der Waals surface area contributed by atoms with E-state index in [1.807, 2.05) is 0 Å². The first-order valence-electron chi connectivity index (χ1n) is 7.65. The van der Waals surface area contributed by atoms with Crippen LogP contribution in [0.15, 0.2) is 51.6 Å². The van der Waals surface area contributed by atoms with E-state index in [2.05, 4.69) is 21.2 Å². The van der Waals surface area contributed by atoms with Crippen LogP contribution in [0.5, 0.6) is 0 Å². The summed E-state index contributed by atoms with van der Waals surface area (Å²) in [4.78, 5) is 35.4. The highest BCUT2D eigenvalue weighted by Crippen LogP contribution is 2.16. The molecule has 1 amide bonds. The number of carbonyl (C=O) groups is 3. The molecule has 1 aromatic carbocycles. The minimum Gasteiger partial charge on any atom is -0.462 e. The van der Waals surface area contributed by atoms with E-state index in [0.717, 1.165) is 6.08 Å². The molecular formula is C18H16BrNO6. The number of amides is 1. The molecule has 0 saturated heterocycles. The molecule has 0 aliphatic rings. The van der Waals surface area contributed by atoms with E-state index in [-0.39, 0.29) is 17.9 Å². The second-order valence-corrected chi connectivity index (χ2v) is 5.68. The first-order chi connectivity index (χ1) is 12.5. The minimum absolute atomic E-state index is 0.220. The van der Waals surface area contributed by atoms with E-state index >= 15 is 0 Å². The molecule has 2 aromatic rings. The Hall–Kier alpha value is -2.87. The lowest BCUT2D eigenvalue weighted by molar-refractivity contribution is -0.142. The lowest BCUT2D eigenvalue weighted by atomic mass is 10.2. The van der Waals surface area contributed by atoms with Crippen LogP contribution >= 0.6 is 15.9 Å². The number of halogens is 1. The molecule has 0 aliphatic carbocycles. The van der Waals surface area contributed by atoms with Crippen LogP contribution in [0.2, 0.25) is 0 Å². The summed E-state index contributed by atoms with van der Waals surface area (Å²) >= 11 is 3.14. The molecule has 1 N–H and O–H groups in total. The Morgan fingerprint density at radius 2 is 1.92 bits per heavy atom. The zero-order chi connectivity index (χ0) is 18.9. The van der Waals surface area contributed by atoms with Crippen molar-refractivity contribution in [3.63, 3.8) is 0 Å². The number of hydrogen-bond acceptors (Lipinski definition) is 6. The number of hydrogen-bond donors (Lipinski definition) is 1. The summed E-state index contributed by atoms with van der Waals surface area (Å²) in [5.41, 5.74) is 0.500. The predicted molar refractivity (Wildman–Crippen MR) is 97.4 cm³/mol. The van der Waals surface area contributed by atoms with Gasteiger partial charge in [0, 0.05) is 6.08 Å². The highest BCUT2D eigenvalue weighted by molar-refractivity contribution is 9.10. The highest BCUT2D eigenvalue weighted by Gasteiger charge is 2.14. The van der Waals surface area contributed by atoms with Crippen molar-refractivity contribution < 1.29 is 28.3 Å². The third-order valence-corrected chi connectivity index (χ3v) is 3.45. The molecule has 0 saturated carbocycles. The normalized spacial score (nSPS) is 10.5. The fourth-order valence-corrected chi connectivity index (χ4v) is 2.24. The van der Waals surface area contributed by atoms with Crippen molar-refractivity contribution in [1.29, 1.82) is 0 Å². The van der Waals surface area contributed by atoms with Crippen LogP contribution in [-0.4, -0.2) is 31.1 Å². The van der Waals surface area contributed by atoms with Crippen molar-refractivity contribution >= 4 is 45.5 Å². The maximum Gasteiger partial charge on any atom is 0.340 e. The van der Waals surface area contributed by atoms with E-state index in [4.69, 9.17) is 13.9 Å². The minimum atomic E-state index is -0.702. The Balaban J connectivity index is 1.88. The summed E-state index contributed by atoms with van der Waals surface area (Å²) in [6, 6.07) is 9.74. The van der Waals surface area contributed by atoms with Gasteiger partial charge in [-0.25, -0.2) is 9.59 Å². The molecule has 7 nitrogen and oxygen atoms in total. The third-order valence-electron chi connectivity index (χ3n) is 3.02. The molecule has 0 radical (unpaired) electrons. The number of rotatable bonds is 7. The van der Waals surface area contributed by atoms with Crippen LogP contribution in [0.3, 0.4) is 0 Å². The zero-order valence-electron chi connectivity index (χ0n) is 13.9. The van der Waals surface area contributed by atoms with Gasteiger partial charge in [-0.05, 0) is 53.2 Å². The van der Waals surface area contributed by atoms with Crippen molar-refractivity contribution in [2.24, 2.45) is 0 Å². The zero-order valence-corrected chi connectivity index (χ0v) is 15.4. The Morgan fingerprint density at radius 3 is 2.62 bits per heavy atom. The molecule has 136 valence electrons. The van der Waals surface area contributed by atoms with Gasteiger partial charge in [-0.15, -0.1) is 0 Å². The summed E-state index contributed by atoms with van der Waals surface area (Å²) in [6.45, 7) is 1.41. The number of nitrogens with one attached hydrogen (secondary N) is 1. The second kappa shape index (κ2) is 9.57. The van der Waals surface area contributed by atoms with Gasteiger partial charge in [-0.3, -0.25) is 4.79 Å². The lowest BCUT2D eigenvalue weighted by Crippen LogP contribution is -2.21. The summed E-state index contributed by atoms with van der Waals surface area (Å²) < 4.78 is 15.5. The van der Waals surface area contributed by atoms with Gasteiger partial charge in [-0.1, -0.05) is 12.1 Å². The quantitative estimate of drug-likeness (QED) is 0.543. The summed E-state index contributed by atoms with van der Waals surface area (Å²) in [5.74, 6) is -1.37. The molecule has 0 bridgehead atoms. The van der Waals surface area contributed by atoms with Gasteiger partial charge in [0.15, 0.2) is 11.3 Å². The van der Waals surface area contributed by atoms with Gasteiger partial charge in [0.25, 0.3) is 5.91 Å². The number of para-hydroxylation sites is 1. The molecule has 0 unspecified atom stereocenters. The Morgan fingerprint density at radius 1 is 1.15 bits per heavy atom. The fraction of sp³-hybridized carbons (Fsp3) is 0.167. The molecule has 8 heteroatoms. The van der Waals surface area contributed by atoms with E-state index in [1.165, 1.54) is 12.1 Å². The Kier molecular flexibility index (Phi) is 7.16. The second-order valence-electron chi connectivity index (χ2n) is 4.90. The predicted octanol–water partition coefficient (Wildman–Crippen LogP) is 3.41. The Bertz CT molecular complexity index is 827. The molecule has 0 fully saturated rings. The summed E-state index contributed by atoms with van der Waals surface area (Å²) in [7, 11) is 0. The van der Waals surface area contributed by atoms with Crippen molar-refractivity contribution in [3.8, 4) is 0 Å². The monoisotopic (exact) mass is 421 g/mol. The van der Waals surface area contributed by atoms with Gasteiger partial charge < -0.3 is 19.2 Å². The first-order valence-corrected chi connectivity index (χ1v) is 8.45. The molecule has 0 aliphatic heterocycles. The van der Waals surface area contributed by atoms with Crippen LogP contribution in [0, 0.1) is 0 Å². The average Bonchev–Trinajstić information content (AvgIpc) is 3.04. The highest BCUT2D eigenvalue weighted by atomic mass is 79.9. The van der Waals surface area contributed by atoms with Gasteiger partial charge in [-0.2, -0.15) is 0 Å². The number of carbonyl (C=O) groups excluding carboxylic acids is 3. The summed E-state index contributed by atoms with van der Waals surface area (Å²) in [5, 5.41) is 2.52. The third kappa shape index (κ3) is 5.89. The van der Waals surface area contributed by atoms with Crippen molar-refractivity contribution in [1.82, 2.24) is 0 Å². The van der Waals surface area contributed by atoms with E-state index in [0.29, 0.717) is 10.4 Å². The number of ether oxygens (including phenoxy) is 2. The van der Waals surface area contributed by atoms with Gasteiger partial charge >= 0.3 is 11.9 Å². The molecule has 2 rings (SSSR count). The van der Waals surface area contributed by atoms with E-state index in [9.17, 15) is 14.4 Å². The maximum atomic E-state index is 11.9. The lowest BCUT2D eigenvalue weighted by Gasteiger charge is -2.10. The van der Waals surface area contributed by atoms with Crippen molar-refractivity contribution in [2.75, 3.05) is 18.5 Å². The molecule has 0 spiro atoms. The molecule has 1 heterocycles.